The summed E-state index contributed by atoms with van der Waals surface area (Å²) < 4.78 is 55.6. The fraction of sp³-hybridized carbons (Fsp3) is 0.350. The van der Waals surface area contributed by atoms with Crippen LogP contribution >= 0.6 is 0 Å². The fourth-order valence-electron chi connectivity index (χ4n) is 3.22. The number of ether oxygens (including phenoxy) is 1. The van der Waals surface area contributed by atoms with Crippen molar-refractivity contribution in [1.82, 2.24) is 9.21 Å². The van der Waals surface area contributed by atoms with E-state index in [-0.39, 0.29) is 54.9 Å². The Morgan fingerprint density at radius 3 is 2.33 bits per heavy atom. The van der Waals surface area contributed by atoms with Gasteiger partial charge in [0.2, 0.25) is 15.9 Å². The second kappa shape index (κ2) is 8.97. The highest BCUT2D eigenvalue weighted by molar-refractivity contribution is 7.89. The van der Waals surface area contributed by atoms with Gasteiger partial charge in [-0.15, -0.1) is 0 Å². The number of carbonyl (C=O) groups excluding carboxylic acids is 1. The Morgan fingerprint density at radius 2 is 1.73 bits per heavy atom. The third-order valence-electron chi connectivity index (χ3n) is 4.83. The minimum absolute atomic E-state index is 0.0134. The van der Waals surface area contributed by atoms with Crippen LogP contribution in [0.1, 0.15) is 11.1 Å². The molecule has 0 aromatic heterocycles. The van der Waals surface area contributed by atoms with Gasteiger partial charge in [0.1, 0.15) is 16.4 Å². The zero-order valence-electron chi connectivity index (χ0n) is 16.3. The molecule has 1 saturated heterocycles. The molecule has 0 radical (unpaired) electrons. The molecule has 0 spiro atoms. The van der Waals surface area contributed by atoms with E-state index in [4.69, 9.17) is 0 Å². The van der Waals surface area contributed by atoms with Gasteiger partial charge in [0, 0.05) is 26.2 Å². The molecule has 0 bridgehead atoms. The number of sulfonamides is 1. The largest absolute Gasteiger partial charge is 0.507 e. The van der Waals surface area contributed by atoms with Crippen molar-refractivity contribution in [3.8, 4) is 11.5 Å². The molecule has 3 rings (SSSR count). The van der Waals surface area contributed by atoms with Gasteiger partial charge in [-0.2, -0.15) is 13.1 Å². The Kier molecular flexibility index (Phi) is 6.57. The molecular formula is C20H22F2N2O5S. The van der Waals surface area contributed by atoms with E-state index in [0.717, 1.165) is 0 Å². The summed E-state index contributed by atoms with van der Waals surface area (Å²) in [7, 11) is -3.87. The van der Waals surface area contributed by atoms with Crippen molar-refractivity contribution in [2.75, 3.05) is 26.2 Å². The maximum absolute atomic E-state index is 12.8. The molecule has 2 aromatic rings. The van der Waals surface area contributed by atoms with Crippen LogP contribution in [0.25, 0.3) is 0 Å². The lowest BCUT2D eigenvalue weighted by molar-refractivity contribution is -0.131. The summed E-state index contributed by atoms with van der Waals surface area (Å²) in [5.41, 5.74) is 1.35. The summed E-state index contributed by atoms with van der Waals surface area (Å²) in [4.78, 5) is 13.9. The van der Waals surface area contributed by atoms with Crippen LogP contribution in [0.3, 0.4) is 0 Å². The Hall–Kier alpha value is -2.72. The molecule has 7 nitrogen and oxygen atoms in total. The predicted octanol–water partition coefficient (Wildman–Crippen LogP) is 2.38. The van der Waals surface area contributed by atoms with E-state index in [1.165, 1.54) is 40.7 Å². The first-order chi connectivity index (χ1) is 14.2. The maximum atomic E-state index is 12.8. The number of aryl methyl sites for hydroxylation is 1. The van der Waals surface area contributed by atoms with Crippen molar-refractivity contribution in [2.45, 2.75) is 24.9 Å². The van der Waals surface area contributed by atoms with Crippen molar-refractivity contribution in [3.63, 3.8) is 0 Å². The van der Waals surface area contributed by atoms with Crippen LogP contribution in [0.15, 0.2) is 47.4 Å². The number of hydrogen-bond donors (Lipinski definition) is 1. The second-order valence-electron chi connectivity index (χ2n) is 6.96. The molecule has 10 heteroatoms. The number of piperazine rings is 1. The lowest BCUT2D eigenvalue weighted by atomic mass is 10.1. The SMILES string of the molecule is Cc1ccc(O)c(S(=O)(=O)N2CCN(C(=O)Cc3ccc(OC(F)F)cc3)CC2)c1. The van der Waals surface area contributed by atoms with Crippen LogP contribution in [-0.4, -0.2) is 61.4 Å². The summed E-state index contributed by atoms with van der Waals surface area (Å²) in [6.07, 6.45) is 0.0698. The molecule has 1 fully saturated rings. The minimum Gasteiger partial charge on any atom is -0.507 e. The highest BCUT2D eigenvalue weighted by Crippen LogP contribution is 2.27. The second-order valence-corrected chi connectivity index (χ2v) is 8.86. The van der Waals surface area contributed by atoms with E-state index in [0.29, 0.717) is 11.1 Å². The van der Waals surface area contributed by atoms with Crippen LogP contribution in [0, 0.1) is 6.92 Å². The summed E-state index contributed by atoms with van der Waals surface area (Å²) in [5.74, 6) is -0.481. The van der Waals surface area contributed by atoms with Gasteiger partial charge in [-0.05, 0) is 42.3 Å². The first-order valence-corrected chi connectivity index (χ1v) is 10.7. The monoisotopic (exact) mass is 440 g/mol. The van der Waals surface area contributed by atoms with Crippen molar-refractivity contribution >= 4 is 15.9 Å². The van der Waals surface area contributed by atoms with E-state index in [1.54, 1.807) is 17.9 Å². The Morgan fingerprint density at radius 1 is 1.10 bits per heavy atom. The summed E-state index contributed by atoms with van der Waals surface area (Å²) >= 11 is 0. The number of amides is 1. The average Bonchev–Trinajstić information content (AvgIpc) is 2.71. The van der Waals surface area contributed by atoms with Gasteiger partial charge >= 0.3 is 6.61 Å². The Bertz CT molecular complexity index is 1000. The van der Waals surface area contributed by atoms with Gasteiger partial charge in [-0.25, -0.2) is 8.42 Å². The number of aromatic hydroxyl groups is 1. The van der Waals surface area contributed by atoms with Crippen molar-refractivity contribution in [3.05, 3.63) is 53.6 Å². The van der Waals surface area contributed by atoms with Gasteiger partial charge < -0.3 is 14.7 Å². The molecule has 2 aromatic carbocycles. The van der Waals surface area contributed by atoms with Gasteiger partial charge in [0.15, 0.2) is 0 Å². The number of halogens is 2. The number of rotatable bonds is 6. The van der Waals surface area contributed by atoms with Gasteiger partial charge in [0.05, 0.1) is 6.42 Å². The quantitative estimate of drug-likeness (QED) is 0.745. The molecule has 1 amide bonds. The zero-order valence-corrected chi connectivity index (χ0v) is 17.1. The molecule has 0 atom stereocenters. The molecule has 1 aliphatic heterocycles. The average molecular weight is 440 g/mol. The van der Waals surface area contributed by atoms with E-state index in [9.17, 15) is 27.1 Å². The normalized spacial score (nSPS) is 15.4. The van der Waals surface area contributed by atoms with Gasteiger partial charge in [0.25, 0.3) is 0 Å². The summed E-state index contributed by atoms with van der Waals surface area (Å²) in [6, 6.07) is 10.2. The molecule has 30 heavy (non-hydrogen) atoms. The molecule has 0 aliphatic carbocycles. The number of carbonyl (C=O) groups is 1. The molecule has 1 aliphatic rings. The standard InChI is InChI=1S/C20H22F2N2O5S/c1-14-2-7-17(25)18(12-14)30(27,28)24-10-8-23(9-11-24)19(26)13-15-3-5-16(6-4-15)29-20(21)22/h2-7,12,20,25H,8-11,13H2,1H3. The van der Waals surface area contributed by atoms with E-state index >= 15 is 0 Å². The van der Waals surface area contributed by atoms with E-state index in [2.05, 4.69) is 4.74 Å². The number of phenolic OH excluding ortho intramolecular Hbond substituents is 1. The highest BCUT2D eigenvalue weighted by atomic mass is 32.2. The molecule has 0 unspecified atom stereocenters. The lowest BCUT2D eigenvalue weighted by Crippen LogP contribution is -2.50. The predicted molar refractivity (Wildman–Crippen MR) is 105 cm³/mol. The summed E-state index contributed by atoms with van der Waals surface area (Å²) in [6.45, 7) is -0.507. The Labute approximate surface area is 173 Å². The number of alkyl halides is 2. The smallest absolute Gasteiger partial charge is 0.387 e. The van der Waals surface area contributed by atoms with Crippen LogP contribution in [-0.2, 0) is 21.2 Å². The third-order valence-corrected chi connectivity index (χ3v) is 6.76. The fourth-order valence-corrected chi connectivity index (χ4v) is 4.81. The van der Waals surface area contributed by atoms with E-state index < -0.39 is 16.6 Å². The molecular weight excluding hydrogens is 418 g/mol. The van der Waals surface area contributed by atoms with Crippen molar-refractivity contribution < 1.29 is 31.8 Å². The molecule has 1 heterocycles. The first kappa shape index (κ1) is 22.0. The Balaban J connectivity index is 1.59. The highest BCUT2D eigenvalue weighted by Gasteiger charge is 2.31. The van der Waals surface area contributed by atoms with Crippen LogP contribution in [0.2, 0.25) is 0 Å². The minimum atomic E-state index is -3.87. The number of hydrogen-bond acceptors (Lipinski definition) is 5. The van der Waals surface area contributed by atoms with Crippen LogP contribution < -0.4 is 4.74 Å². The third kappa shape index (κ3) is 5.06. The first-order valence-electron chi connectivity index (χ1n) is 9.28. The van der Waals surface area contributed by atoms with E-state index in [1.807, 2.05) is 0 Å². The van der Waals surface area contributed by atoms with Gasteiger partial charge in [-0.1, -0.05) is 18.2 Å². The van der Waals surface area contributed by atoms with Crippen molar-refractivity contribution in [2.24, 2.45) is 0 Å². The molecule has 162 valence electrons. The molecule has 0 saturated carbocycles. The maximum Gasteiger partial charge on any atom is 0.387 e. The number of benzene rings is 2. The van der Waals surface area contributed by atoms with Gasteiger partial charge in [-0.3, -0.25) is 4.79 Å². The summed E-state index contributed by atoms with van der Waals surface area (Å²) in [5, 5.41) is 9.95. The van der Waals surface area contributed by atoms with Crippen LogP contribution in [0.5, 0.6) is 11.5 Å². The van der Waals surface area contributed by atoms with Crippen molar-refractivity contribution in [1.29, 1.82) is 0 Å². The molecule has 1 N–H and O–H groups in total. The lowest BCUT2D eigenvalue weighted by Gasteiger charge is -2.34. The van der Waals surface area contributed by atoms with Crippen LogP contribution in [0.4, 0.5) is 8.78 Å². The number of nitrogens with zero attached hydrogens (tertiary/aromatic N) is 2. The zero-order chi connectivity index (χ0) is 21.9. The number of phenols is 1. The topological polar surface area (TPSA) is 87.2 Å².